The van der Waals surface area contributed by atoms with E-state index in [1.807, 2.05) is 13.8 Å². The molecule has 2 rings (SSSR count). The Kier molecular flexibility index (Phi) is 5.98. The summed E-state index contributed by atoms with van der Waals surface area (Å²) in [6, 6.07) is 10.9. The summed E-state index contributed by atoms with van der Waals surface area (Å²) in [6.45, 7) is 4.63. The number of hydrogen-bond donors (Lipinski definition) is 1. The summed E-state index contributed by atoms with van der Waals surface area (Å²) < 4.78 is 11.3. The fraction of sp³-hybridized carbons (Fsp3) is 0.222. The first kappa shape index (κ1) is 18.0. The lowest BCUT2D eigenvalue weighted by Crippen LogP contribution is -2.10. The van der Waals surface area contributed by atoms with Gasteiger partial charge in [0.1, 0.15) is 11.5 Å². The molecule has 0 saturated carbocycles. The van der Waals surface area contributed by atoms with Gasteiger partial charge in [-0.15, -0.1) is 0 Å². The van der Waals surface area contributed by atoms with Crippen LogP contribution in [-0.2, 0) is 0 Å². The number of carbonyl (C=O) groups excluding carboxylic acids is 1. The summed E-state index contributed by atoms with van der Waals surface area (Å²) in [6.07, 6.45) is 0. The van der Waals surface area contributed by atoms with Gasteiger partial charge in [-0.05, 0) is 58.2 Å². The molecule has 5 nitrogen and oxygen atoms in total. The van der Waals surface area contributed by atoms with Gasteiger partial charge in [0.15, 0.2) is 0 Å². The van der Waals surface area contributed by atoms with E-state index in [-0.39, 0.29) is 11.3 Å². The van der Waals surface area contributed by atoms with E-state index in [4.69, 9.17) is 14.6 Å². The molecule has 0 heterocycles. The number of carboxylic acids is 1. The third-order valence-corrected chi connectivity index (χ3v) is 3.65. The quantitative estimate of drug-likeness (QED) is 0.582. The number of esters is 1. The third kappa shape index (κ3) is 4.83. The monoisotopic (exact) mass is 392 g/mol. The molecule has 6 heteroatoms. The second-order valence-electron chi connectivity index (χ2n) is 5.57. The topological polar surface area (TPSA) is 72.8 Å². The first-order valence-corrected chi connectivity index (χ1v) is 8.14. The predicted molar refractivity (Wildman–Crippen MR) is 92.8 cm³/mol. The van der Waals surface area contributed by atoms with Crippen molar-refractivity contribution in [2.24, 2.45) is 5.92 Å². The maximum absolute atomic E-state index is 12.3. The summed E-state index contributed by atoms with van der Waals surface area (Å²) in [7, 11) is 0. The van der Waals surface area contributed by atoms with Crippen LogP contribution in [0.1, 0.15) is 34.6 Å². The van der Waals surface area contributed by atoms with E-state index < -0.39 is 11.9 Å². The Morgan fingerprint density at radius 2 is 1.88 bits per heavy atom. The average Bonchev–Trinajstić information content (AvgIpc) is 2.54. The summed E-state index contributed by atoms with van der Waals surface area (Å²) in [5, 5.41) is 8.94. The summed E-state index contributed by atoms with van der Waals surface area (Å²) in [4.78, 5) is 23.2. The smallest absolute Gasteiger partial charge is 0.343 e. The van der Waals surface area contributed by atoms with Gasteiger partial charge in [0.05, 0.1) is 22.2 Å². The van der Waals surface area contributed by atoms with Gasteiger partial charge in [-0.2, -0.15) is 0 Å². The molecule has 0 aromatic heterocycles. The van der Waals surface area contributed by atoms with Crippen molar-refractivity contribution in [3.63, 3.8) is 0 Å². The lowest BCUT2D eigenvalue weighted by molar-refractivity contribution is 0.0696. The second kappa shape index (κ2) is 7.97. The van der Waals surface area contributed by atoms with Crippen LogP contribution in [0.25, 0.3) is 0 Å². The minimum absolute atomic E-state index is 0.103. The standard InChI is InChI=1S/C18H17BrO5/c1-11(2)10-23-14-5-3-4-13(8-14)18(22)24-16-7-6-12(17(20)21)9-15(16)19/h3-9,11H,10H2,1-2H3,(H,20,21). The number of rotatable bonds is 6. The SMILES string of the molecule is CC(C)COc1cccc(C(=O)Oc2ccc(C(=O)O)cc2Br)c1. The molecule has 0 aliphatic carbocycles. The molecule has 0 aliphatic heterocycles. The van der Waals surface area contributed by atoms with Crippen LogP contribution in [0, 0.1) is 5.92 Å². The van der Waals surface area contributed by atoms with Gasteiger partial charge >= 0.3 is 11.9 Å². The highest BCUT2D eigenvalue weighted by atomic mass is 79.9. The Labute approximate surface area is 148 Å². The number of ether oxygens (including phenoxy) is 2. The Balaban J connectivity index is 2.12. The molecule has 0 atom stereocenters. The van der Waals surface area contributed by atoms with Gasteiger partial charge < -0.3 is 14.6 Å². The number of carboxylic acid groups (broad SMARTS) is 1. The number of benzene rings is 2. The molecule has 126 valence electrons. The average molecular weight is 393 g/mol. The van der Waals surface area contributed by atoms with Crippen molar-refractivity contribution >= 4 is 27.9 Å². The van der Waals surface area contributed by atoms with E-state index in [0.29, 0.717) is 28.3 Å². The van der Waals surface area contributed by atoms with Crippen molar-refractivity contribution in [1.29, 1.82) is 0 Å². The minimum atomic E-state index is -1.05. The van der Waals surface area contributed by atoms with Crippen LogP contribution >= 0.6 is 15.9 Å². The Bertz CT molecular complexity index is 755. The molecule has 0 aliphatic rings. The van der Waals surface area contributed by atoms with Gasteiger partial charge in [-0.25, -0.2) is 9.59 Å². The highest BCUT2D eigenvalue weighted by Crippen LogP contribution is 2.27. The molecule has 0 fully saturated rings. The summed E-state index contributed by atoms with van der Waals surface area (Å²) in [5.41, 5.74) is 0.455. The van der Waals surface area contributed by atoms with Crippen molar-refractivity contribution in [3.8, 4) is 11.5 Å². The molecule has 2 aromatic carbocycles. The first-order valence-electron chi connectivity index (χ1n) is 7.34. The Hall–Kier alpha value is -2.34. The van der Waals surface area contributed by atoms with Crippen LogP contribution in [0.4, 0.5) is 0 Å². The molecule has 0 amide bonds. The first-order chi connectivity index (χ1) is 11.4. The molecular formula is C18H17BrO5. The highest BCUT2D eigenvalue weighted by Gasteiger charge is 2.14. The van der Waals surface area contributed by atoms with Crippen LogP contribution in [-0.4, -0.2) is 23.7 Å². The third-order valence-electron chi connectivity index (χ3n) is 3.03. The van der Waals surface area contributed by atoms with Crippen molar-refractivity contribution in [1.82, 2.24) is 0 Å². The van der Waals surface area contributed by atoms with Gasteiger partial charge in [-0.1, -0.05) is 19.9 Å². The summed E-state index contributed by atoms with van der Waals surface area (Å²) >= 11 is 3.21. The molecule has 0 radical (unpaired) electrons. The van der Waals surface area contributed by atoms with E-state index in [0.717, 1.165) is 0 Å². The molecule has 0 saturated heterocycles. The Morgan fingerprint density at radius 3 is 2.50 bits per heavy atom. The lowest BCUT2D eigenvalue weighted by Gasteiger charge is -2.10. The normalized spacial score (nSPS) is 10.5. The van der Waals surface area contributed by atoms with E-state index in [1.165, 1.54) is 18.2 Å². The molecule has 0 bridgehead atoms. The zero-order chi connectivity index (χ0) is 17.7. The van der Waals surface area contributed by atoms with Gasteiger partial charge in [0.2, 0.25) is 0 Å². The van der Waals surface area contributed by atoms with Crippen molar-refractivity contribution in [2.45, 2.75) is 13.8 Å². The van der Waals surface area contributed by atoms with E-state index >= 15 is 0 Å². The number of carbonyl (C=O) groups is 2. The van der Waals surface area contributed by atoms with Crippen molar-refractivity contribution < 1.29 is 24.2 Å². The van der Waals surface area contributed by atoms with E-state index in [2.05, 4.69) is 15.9 Å². The van der Waals surface area contributed by atoms with Crippen LogP contribution < -0.4 is 9.47 Å². The van der Waals surface area contributed by atoms with E-state index in [1.54, 1.807) is 24.3 Å². The zero-order valence-electron chi connectivity index (χ0n) is 13.3. The van der Waals surface area contributed by atoms with Gasteiger partial charge in [0, 0.05) is 0 Å². The molecular weight excluding hydrogens is 376 g/mol. The summed E-state index contributed by atoms with van der Waals surface area (Å²) in [5.74, 6) is -0.376. The lowest BCUT2D eigenvalue weighted by atomic mass is 10.2. The van der Waals surface area contributed by atoms with Crippen LogP contribution in [0.5, 0.6) is 11.5 Å². The maximum atomic E-state index is 12.3. The van der Waals surface area contributed by atoms with Gasteiger partial charge in [-0.3, -0.25) is 0 Å². The van der Waals surface area contributed by atoms with Gasteiger partial charge in [0.25, 0.3) is 0 Å². The molecule has 24 heavy (non-hydrogen) atoms. The Morgan fingerprint density at radius 1 is 1.12 bits per heavy atom. The molecule has 0 spiro atoms. The minimum Gasteiger partial charge on any atom is -0.493 e. The second-order valence-corrected chi connectivity index (χ2v) is 6.43. The van der Waals surface area contributed by atoms with Crippen molar-refractivity contribution in [3.05, 3.63) is 58.1 Å². The van der Waals surface area contributed by atoms with Crippen LogP contribution in [0.2, 0.25) is 0 Å². The predicted octanol–water partition coefficient (Wildman–Crippen LogP) is 4.40. The van der Waals surface area contributed by atoms with Crippen LogP contribution in [0.15, 0.2) is 46.9 Å². The molecule has 0 unspecified atom stereocenters. The van der Waals surface area contributed by atoms with Crippen LogP contribution in [0.3, 0.4) is 0 Å². The number of halogens is 1. The molecule has 2 aromatic rings. The largest absolute Gasteiger partial charge is 0.493 e. The maximum Gasteiger partial charge on any atom is 0.343 e. The fourth-order valence-electron chi connectivity index (χ4n) is 1.85. The fourth-order valence-corrected chi connectivity index (χ4v) is 2.31. The highest BCUT2D eigenvalue weighted by molar-refractivity contribution is 9.10. The van der Waals surface area contributed by atoms with Crippen molar-refractivity contribution in [2.75, 3.05) is 6.61 Å². The number of aromatic carboxylic acids is 1. The van der Waals surface area contributed by atoms with E-state index in [9.17, 15) is 9.59 Å². The zero-order valence-corrected chi connectivity index (χ0v) is 14.9. The number of hydrogen-bond acceptors (Lipinski definition) is 4. The molecule has 1 N–H and O–H groups in total.